The largest absolute Gasteiger partial charge is 0.298 e. The third kappa shape index (κ3) is 2.22. The summed E-state index contributed by atoms with van der Waals surface area (Å²) in [5, 5.41) is 3.35. The summed E-state index contributed by atoms with van der Waals surface area (Å²) in [6.07, 6.45) is 6.11. The van der Waals surface area contributed by atoms with Gasteiger partial charge in [-0.3, -0.25) is 9.80 Å². The molecule has 18 heavy (non-hydrogen) atoms. The van der Waals surface area contributed by atoms with Gasteiger partial charge < -0.3 is 0 Å². The van der Waals surface area contributed by atoms with Crippen LogP contribution in [0, 0.1) is 0 Å². The maximum absolute atomic E-state index is 4.53. The Bertz CT molecular complexity index is 388. The normalized spacial score (nSPS) is 27.1. The van der Waals surface area contributed by atoms with Crippen molar-refractivity contribution in [1.29, 1.82) is 0 Å². The standard InChI is InChI=1S/C14H23N3S/c1-14(2,13-15-6-10-18-13)17-9-8-16-7-4-3-5-12(16)11-17/h6,10,12H,3-5,7-9,11H2,1-2H3. The van der Waals surface area contributed by atoms with Crippen molar-refractivity contribution in [2.45, 2.75) is 44.7 Å². The van der Waals surface area contributed by atoms with Gasteiger partial charge >= 0.3 is 0 Å². The number of hydrogen-bond donors (Lipinski definition) is 0. The SMILES string of the molecule is CC(C)(c1nccs1)N1CCN2CCCCC2C1. The number of nitrogens with zero attached hydrogens (tertiary/aromatic N) is 3. The van der Waals surface area contributed by atoms with Crippen molar-refractivity contribution in [3.05, 3.63) is 16.6 Å². The molecule has 3 rings (SSSR count). The fraction of sp³-hybridized carbons (Fsp3) is 0.786. The zero-order valence-corrected chi connectivity index (χ0v) is 12.2. The lowest BCUT2D eigenvalue weighted by Gasteiger charge is -2.49. The lowest BCUT2D eigenvalue weighted by Crippen LogP contribution is -2.59. The van der Waals surface area contributed by atoms with Crippen LogP contribution in [0.5, 0.6) is 0 Å². The van der Waals surface area contributed by atoms with Gasteiger partial charge in [0.25, 0.3) is 0 Å². The Balaban J connectivity index is 1.73. The molecule has 1 aromatic heterocycles. The number of rotatable bonds is 2. The number of piperidine rings is 1. The van der Waals surface area contributed by atoms with Gasteiger partial charge in [-0.2, -0.15) is 0 Å². The maximum Gasteiger partial charge on any atom is 0.112 e. The van der Waals surface area contributed by atoms with E-state index in [9.17, 15) is 0 Å². The third-order valence-electron chi connectivity index (χ3n) is 4.58. The lowest BCUT2D eigenvalue weighted by atomic mass is 9.95. The van der Waals surface area contributed by atoms with Crippen LogP contribution in [0.1, 0.15) is 38.1 Å². The molecule has 100 valence electrons. The Hall–Kier alpha value is -0.450. The third-order valence-corrected chi connectivity index (χ3v) is 5.67. The van der Waals surface area contributed by atoms with Gasteiger partial charge in [-0.15, -0.1) is 11.3 Å². The molecule has 0 saturated carbocycles. The molecule has 1 atom stereocenters. The summed E-state index contributed by atoms with van der Waals surface area (Å²) in [6, 6.07) is 0.784. The molecule has 2 fully saturated rings. The smallest absolute Gasteiger partial charge is 0.112 e. The van der Waals surface area contributed by atoms with Crippen molar-refractivity contribution < 1.29 is 0 Å². The van der Waals surface area contributed by atoms with E-state index in [1.54, 1.807) is 11.3 Å². The van der Waals surface area contributed by atoms with Crippen LogP contribution in [0.2, 0.25) is 0 Å². The van der Waals surface area contributed by atoms with Crippen LogP contribution >= 0.6 is 11.3 Å². The number of piperazine rings is 1. The topological polar surface area (TPSA) is 19.4 Å². The second kappa shape index (κ2) is 4.91. The van der Waals surface area contributed by atoms with Gasteiger partial charge in [0.1, 0.15) is 5.01 Å². The van der Waals surface area contributed by atoms with E-state index in [0.717, 1.165) is 6.04 Å². The van der Waals surface area contributed by atoms with E-state index in [4.69, 9.17) is 0 Å². The minimum Gasteiger partial charge on any atom is -0.298 e. The van der Waals surface area contributed by atoms with Crippen LogP contribution in [-0.2, 0) is 5.54 Å². The quantitative estimate of drug-likeness (QED) is 0.819. The van der Waals surface area contributed by atoms with Crippen molar-refractivity contribution in [1.82, 2.24) is 14.8 Å². The summed E-state index contributed by atoms with van der Waals surface area (Å²) >= 11 is 1.79. The van der Waals surface area contributed by atoms with Gasteiger partial charge in [-0.25, -0.2) is 4.98 Å². The van der Waals surface area contributed by atoms with Gasteiger partial charge in [0.2, 0.25) is 0 Å². The Morgan fingerprint density at radius 2 is 2.17 bits per heavy atom. The molecule has 2 aliphatic rings. The van der Waals surface area contributed by atoms with Gasteiger partial charge in [0, 0.05) is 37.3 Å². The van der Waals surface area contributed by atoms with Crippen molar-refractivity contribution >= 4 is 11.3 Å². The van der Waals surface area contributed by atoms with Crippen molar-refractivity contribution in [2.75, 3.05) is 26.2 Å². The molecule has 0 aliphatic carbocycles. The minimum atomic E-state index is 0.0949. The highest BCUT2D eigenvalue weighted by molar-refractivity contribution is 7.09. The van der Waals surface area contributed by atoms with Gasteiger partial charge in [-0.05, 0) is 33.2 Å². The molecule has 0 spiro atoms. The Kier molecular flexibility index (Phi) is 3.43. The van der Waals surface area contributed by atoms with Crippen LogP contribution in [0.4, 0.5) is 0 Å². The molecular weight excluding hydrogens is 242 g/mol. The summed E-state index contributed by atoms with van der Waals surface area (Å²) in [5.41, 5.74) is 0.0949. The number of fused-ring (bicyclic) bond motifs is 1. The zero-order chi connectivity index (χ0) is 12.6. The number of aromatic nitrogens is 1. The maximum atomic E-state index is 4.53. The van der Waals surface area contributed by atoms with Crippen molar-refractivity contribution in [3.8, 4) is 0 Å². The molecule has 4 heteroatoms. The van der Waals surface area contributed by atoms with E-state index in [1.807, 2.05) is 6.20 Å². The van der Waals surface area contributed by atoms with Crippen LogP contribution in [0.3, 0.4) is 0 Å². The monoisotopic (exact) mass is 265 g/mol. The second-order valence-corrected chi connectivity index (χ2v) is 6.92. The summed E-state index contributed by atoms with van der Waals surface area (Å²) in [4.78, 5) is 9.86. The molecule has 1 aromatic rings. The Labute approximate surface area is 114 Å². The average molecular weight is 265 g/mol. The average Bonchev–Trinajstić information content (AvgIpc) is 2.92. The fourth-order valence-electron chi connectivity index (χ4n) is 3.32. The highest BCUT2D eigenvalue weighted by Gasteiger charge is 2.37. The molecule has 0 aromatic carbocycles. The number of hydrogen-bond acceptors (Lipinski definition) is 4. The van der Waals surface area contributed by atoms with Gasteiger partial charge in [0.15, 0.2) is 0 Å². The number of thiazole rings is 1. The van der Waals surface area contributed by atoms with Crippen LogP contribution < -0.4 is 0 Å². The molecule has 2 aliphatic heterocycles. The molecule has 3 nitrogen and oxygen atoms in total. The predicted molar refractivity (Wildman–Crippen MR) is 75.9 cm³/mol. The molecular formula is C14H23N3S. The summed E-state index contributed by atoms with van der Waals surface area (Å²) in [6.45, 7) is 9.60. The van der Waals surface area contributed by atoms with E-state index < -0.39 is 0 Å². The molecule has 0 N–H and O–H groups in total. The first-order valence-electron chi connectivity index (χ1n) is 7.07. The highest BCUT2D eigenvalue weighted by Crippen LogP contribution is 2.32. The summed E-state index contributed by atoms with van der Waals surface area (Å²) < 4.78 is 0. The molecule has 0 amide bonds. The summed E-state index contributed by atoms with van der Waals surface area (Å²) in [7, 11) is 0. The molecule has 3 heterocycles. The molecule has 0 bridgehead atoms. The van der Waals surface area contributed by atoms with Gasteiger partial charge in [0.05, 0.1) is 5.54 Å². The Morgan fingerprint density at radius 3 is 2.94 bits per heavy atom. The lowest BCUT2D eigenvalue weighted by molar-refractivity contribution is -0.00259. The van der Waals surface area contributed by atoms with E-state index in [1.165, 1.54) is 50.4 Å². The minimum absolute atomic E-state index is 0.0949. The van der Waals surface area contributed by atoms with E-state index in [-0.39, 0.29) is 5.54 Å². The zero-order valence-electron chi connectivity index (χ0n) is 11.4. The summed E-state index contributed by atoms with van der Waals surface area (Å²) in [5.74, 6) is 0. The van der Waals surface area contributed by atoms with Gasteiger partial charge in [-0.1, -0.05) is 6.42 Å². The van der Waals surface area contributed by atoms with Crippen LogP contribution in [0.15, 0.2) is 11.6 Å². The first kappa shape index (κ1) is 12.6. The Morgan fingerprint density at radius 1 is 1.28 bits per heavy atom. The van der Waals surface area contributed by atoms with Crippen molar-refractivity contribution in [3.63, 3.8) is 0 Å². The molecule has 1 unspecified atom stereocenters. The first-order valence-corrected chi connectivity index (χ1v) is 7.95. The van der Waals surface area contributed by atoms with E-state index >= 15 is 0 Å². The highest BCUT2D eigenvalue weighted by atomic mass is 32.1. The second-order valence-electron chi connectivity index (χ2n) is 6.03. The molecule has 0 radical (unpaired) electrons. The molecule has 2 saturated heterocycles. The fourth-order valence-corrected chi connectivity index (χ4v) is 4.11. The van der Waals surface area contributed by atoms with Crippen LogP contribution in [-0.4, -0.2) is 47.0 Å². The van der Waals surface area contributed by atoms with Crippen molar-refractivity contribution in [2.24, 2.45) is 0 Å². The van der Waals surface area contributed by atoms with Crippen LogP contribution in [0.25, 0.3) is 0 Å². The predicted octanol–water partition coefficient (Wildman–Crippen LogP) is 2.55. The van der Waals surface area contributed by atoms with E-state index in [0.29, 0.717) is 0 Å². The first-order chi connectivity index (χ1) is 8.68. The van der Waals surface area contributed by atoms with E-state index in [2.05, 4.69) is 34.0 Å².